The number of imidazole rings is 1. The Morgan fingerprint density at radius 3 is 2.67 bits per heavy atom. The Labute approximate surface area is 127 Å². The van der Waals surface area contributed by atoms with Gasteiger partial charge in [0.2, 0.25) is 0 Å². The molecular formula is C16H15ClFN3. The molecule has 3 aromatic rings. The molecule has 5 heteroatoms. The van der Waals surface area contributed by atoms with Crippen LogP contribution in [0.2, 0.25) is 0 Å². The molecule has 0 saturated heterocycles. The van der Waals surface area contributed by atoms with Crippen molar-refractivity contribution in [2.45, 2.75) is 25.3 Å². The Morgan fingerprint density at radius 2 is 2.00 bits per heavy atom. The lowest BCUT2D eigenvalue weighted by atomic mass is 10.2. The summed E-state index contributed by atoms with van der Waals surface area (Å²) in [5, 5.41) is -0.272. The van der Waals surface area contributed by atoms with E-state index >= 15 is 0 Å². The maximum Gasteiger partial charge on any atom is 0.128 e. The molecule has 0 spiro atoms. The predicted molar refractivity (Wildman–Crippen MR) is 82.0 cm³/mol. The van der Waals surface area contributed by atoms with Crippen molar-refractivity contribution < 1.29 is 4.39 Å². The molecule has 0 fully saturated rings. The Bertz CT molecular complexity index is 768. The van der Waals surface area contributed by atoms with Crippen LogP contribution >= 0.6 is 11.6 Å². The van der Waals surface area contributed by atoms with E-state index in [0.717, 1.165) is 22.6 Å². The average molecular weight is 304 g/mol. The van der Waals surface area contributed by atoms with Gasteiger partial charge in [-0.05, 0) is 44.2 Å². The Morgan fingerprint density at radius 1 is 1.19 bits per heavy atom. The zero-order valence-electron chi connectivity index (χ0n) is 11.8. The molecule has 0 aliphatic carbocycles. The highest BCUT2D eigenvalue weighted by atomic mass is 35.5. The van der Waals surface area contributed by atoms with Crippen LogP contribution in [0.25, 0.3) is 11.0 Å². The summed E-state index contributed by atoms with van der Waals surface area (Å²) < 4.78 is 15.6. The van der Waals surface area contributed by atoms with Crippen molar-refractivity contribution in [1.82, 2.24) is 14.5 Å². The normalized spacial score (nSPS) is 14.3. The van der Waals surface area contributed by atoms with Gasteiger partial charge in [0.05, 0.1) is 28.1 Å². The fraction of sp³-hybridized carbons (Fsp3) is 0.250. The van der Waals surface area contributed by atoms with Crippen LogP contribution in [0.5, 0.6) is 0 Å². The molecule has 0 amide bonds. The molecule has 0 aliphatic rings. The first-order valence-electron chi connectivity index (χ1n) is 6.80. The molecule has 2 aromatic heterocycles. The minimum absolute atomic E-state index is 0.0748. The maximum absolute atomic E-state index is 13.6. The monoisotopic (exact) mass is 303 g/mol. The lowest BCUT2D eigenvalue weighted by Crippen LogP contribution is -2.12. The molecule has 3 rings (SSSR count). The lowest BCUT2D eigenvalue weighted by molar-refractivity contribution is 0.598. The summed E-state index contributed by atoms with van der Waals surface area (Å²) >= 11 is 6.25. The van der Waals surface area contributed by atoms with Crippen LogP contribution in [0, 0.1) is 5.82 Å². The largest absolute Gasteiger partial charge is 0.318 e. The van der Waals surface area contributed by atoms with Gasteiger partial charge in [-0.15, -0.1) is 11.6 Å². The molecule has 0 N–H and O–H groups in total. The molecule has 0 aliphatic heterocycles. The third kappa shape index (κ3) is 2.51. The van der Waals surface area contributed by atoms with Gasteiger partial charge in [0.1, 0.15) is 11.6 Å². The topological polar surface area (TPSA) is 30.7 Å². The van der Waals surface area contributed by atoms with Crippen molar-refractivity contribution in [2.24, 2.45) is 0 Å². The van der Waals surface area contributed by atoms with E-state index in [1.165, 1.54) is 12.1 Å². The molecule has 21 heavy (non-hydrogen) atoms. The molecule has 2 heterocycles. The highest BCUT2D eigenvalue weighted by Gasteiger charge is 2.21. The van der Waals surface area contributed by atoms with Gasteiger partial charge >= 0.3 is 0 Å². The van der Waals surface area contributed by atoms with E-state index in [0.29, 0.717) is 0 Å². The van der Waals surface area contributed by atoms with E-state index in [-0.39, 0.29) is 17.2 Å². The fourth-order valence-corrected chi connectivity index (χ4v) is 2.68. The number of benzene rings is 1. The summed E-state index contributed by atoms with van der Waals surface area (Å²) in [6.45, 7) is 3.87. The van der Waals surface area contributed by atoms with E-state index in [4.69, 9.17) is 11.6 Å². The average Bonchev–Trinajstić information content (AvgIpc) is 2.86. The highest BCUT2D eigenvalue weighted by Crippen LogP contribution is 2.30. The highest BCUT2D eigenvalue weighted by molar-refractivity contribution is 6.20. The molecule has 108 valence electrons. The van der Waals surface area contributed by atoms with Crippen LogP contribution in [-0.2, 0) is 0 Å². The standard InChI is InChI=1S/C16H15ClFN3/c1-10(17)16-20-14-7-6-12(18)9-15(14)21(16)11(2)13-5-3-4-8-19-13/h3-11H,1-2H3. The third-order valence-corrected chi connectivity index (χ3v) is 3.73. The number of rotatable bonds is 3. The SMILES string of the molecule is CC(Cl)c1nc2ccc(F)cc2n1C(C)c1ccccn1. The minimum Gasteiger partial charge on any atom is -0.318 e. The molecule has 0 radical (unpaired) electrons. The third-order valence-electron chi connectivity index (χ3n) is 3.54. The van der Waals surface area contributed by atoms with E-state index < -0.39 is 0 Å². The van der Waals surface area contributed by atoms with E-state index in [1.807, 2.05) is 36.6 Å². The van der Waals surface area contributed by atoms with Crippen molar-refractivity contribution in [2.75, 3.05) is 0 Å². The van der Waals surface area contributed by atoms with E-state index in [9.17, 15) is 4.39 Å². The molecule has 0 saturated carbocycles. The van der Waals surface area contributed by atoms with Crippen molar-refractivity contribution >= 4 is 22.6 Å². The summed E-state index contributed by atoms with van der Waals surface area (Å²) in [5.74, 6) is 0.432. The van der Waals surface area contributed by atoms with E-state index in [2.05, 4.69) is 9.97 Å². The Kier molecular flexibility index (Phi) is 3.64. The van der Waals surface area contributed by atoms with Gasteiger partial charge in [0.25, 0.3) is 0 Å². The smallest absolute Gasteiger partial charge is 0.128 e. The lowest BCUT2D eigenvalue weighted by Gasteiger charge is -2.18. The number of nitrogens with zero attached hydrogens (tertiary/aromatic N) is 3. The summed E-state index contributed by atoms with van der Waals surface area (Å²) in [6, 6.07) is 10.2. The van der Waals surface area contributed by atoms with Gasteiger partial charge < -0.3 is 4.57 Å². The second kappa shape index (κ2) is 5.45. The van der Waals surface area contributed by atoms with Crippen molar-refractivity contribution in [1.29, 1.82) is 0 Å². The summed E-state index contributed by atoms with van der Waals surface area (Å²) in [6.07, 6.45) is 1.75. The van der Waals surface area contributed by atoms with Crippen LogP contribution in [0.15, 0.2) is 42.6 Å². The number of hydrogen-bond acceptors (Lipinski definition) is 2. The van der Waals surface area contributed by atoms with Crippen LogP contribution in [-0.4, -0.2) is 14.5 Å². The maximum atomic E-state index is 13.6. The van der Waals surface area contributed by atoms with Crippen LogP contribution < -0.4 is 0 Å². The van der Waals surface area contributed by atoms with E-state index in [1.54, 1.807) is 12.3 Å². The molecule has 3 nitrogen and oxygen atoms in total. The Balaban J connectivity index is 2.24. The second-order valence-electron chi connectivity index (χ2n) is 5.02. The quantitative estimate of drug-likeness (QED) is 0.668. The van der Waals surface area contributed by atoms with Gasteiger partial charge in [-0.2, -0.15) is 0 Å². The van der Waals surface area contributed by atoms with Crippen LogP contribution in [0.1, 0.15) is 36.8 Å². The Hall–Kier alpha value is -1.94. The number of hydrogen-bond donors (Lipinski definition) is 0. The van der Waals surface area contributed by atoms with Crippen LogP contribution in [0.4, 0.5) is 4.39 Å². The first kappa shape index (κ1) is 14.0. The predicted octanol–water partition coefficient (Wildman–Crippen LogP) is 4.48. The molecule has 2 atom stereocenters. The van der Waals surface area contributed by atoms with Gasteiger partial charge in [-0.25, -0.2) is 9.37 Å². The zero-order chi connectivity index (χ0) is 15.0. The first-order valence-corrected chi connectivity index (χ1v) is 7.24. The van der Waals surface area contributed by atoms with Crippen molar-refractivity contribution in [3.05, 3.63) is 59.9 Å². The summed E-state index contributed by atoms with van der Waals surface area (Å²) in [4.78, 5) is 8.92. The second-order valence-corrected chi connectivity index (χ2v) is 5.67. The number of aromatic nitrogens is 3. The molecular weight excluding hydrogens is 289 g/mol. The molecule has 2 unspecified atom stereocenters. The number of halogens is 2. The number of fused-ring (bicyclic) bond motifs is 1. The van der Waals surface area contributed by atoms with Crippen molar-refractivity contribution in [3.63, 3.8) is 0 Å². The van der Waals surface area contributed by atoms with Gasteiger partial charge in [0, 0.05) is 6.20 Å². The van der Waals surface area contributed by atoms with Crippen LogP contribution in [0.3, 0.4) is 0 Å². The fourth-order valence-electron chi connectivity index (χ4n) is 2.53. The summed E-state index contributed by atoms with van der Waals surface area (Å²) in [7, 11) is 0. The zero-order valence-corrected chi connectivity index (χ0v) is 12.5. The molecule has 1 aromatic carbocycles. The first-order chi connectivity index (χ1) is 10.1. The molecule has 0 bridgehead atoms. The summed E-state index contributed by atoms with van der Waals surface area (Å²) in [5.41, 5.74) is 2.36. The van der Waals surface area contributed by atoms with Gasteiger partial charge in [-0.1, -0.05) is 6.07 Å². The van der Waals surface area contributed by atoms with Crippen molar-refractivity contribution in [3.8, 4) is 0 Å². The minimum atomic E-state index is -0.286. The number of alkyl halides is 1. The number of pyridine rings is 1. The van der Waals surface area contributed by atoms with Gasteiger partial charge in [-0.3, -0.25) is 4.98 Å². The van der Waals surface area contributed by atoms with Gasteiger partial charge in [0.15, 0.2) is 0 Å².